The molecule has 1 N–H and O–H groups in total. The van der Waals surface area contributed by atoms with Crippen LogP contribution < -0.4 is 10.2 Å². The smallest absolute Gasteiger partial charge is 0.251 e. The van der Waals surface area contributed by atoms with Gasteiger partial charge < -0.3 is 14.6 Å². The van der Waals surface area contributed by atoms with Gasteiger partial charge in [0.25, 0.3) is 5.91 Å². The van der Waals surface area contributed by atoms with Crippen molar-refractivity contribution in [2.24, 2.45) is 0 Å². The van der Waals surface area contributed by atoms with Gasteiger partial charge in [0.05, 0.1) is 12.7 Å². The Balaban J connectivity index is 2.03. The summed E-state index contributed by atoms with van der Waals surface area (Å²) in [6.45, 7) is 8.35. The molecule has 118 valence electrons. The number of rotatable bonds is 4. The fourth-order valence-corrected chi connectivity index (χ4v) is 2.08. The van der Waals surface area contributed by atoms with Gasteiger partial charge in [0.15, 0.2) is 5.89 Å². The molecule has 0 aliphatic carbocycles. The quantitative estimate of drug-likeness (QED) is 0.942. The molecule has 0 radical (unpaired) electrons. The van der Waals surface area contributed by atoms with Gasteiger partial charge in [0, 0.05) is 30.8 Å². The number of anilines is 1. The van der Waals surface area contributed by atoms with Gasteiger partial charge in [-0.25, -0.2) is 4.98 Å². The van der Waals surface area contributed by atoms with Crippen molar-refractivity contribution in [2.75, 3.05) is 11.9 Å². The highest BCUT2D eigenvalue weighted by Crippen LogP contribution is 2.17. The monoisotopic (exact) mass is 301 g/mol. The van der Waals surface area contributed by atoms with E-state index in [0.29, 0.717) is 18.0 Å². The molecule has 2 aromatic rings. The van der Waals surface area contributed by atoms with Crippen LogP contribution in [0.25, 0.3) is 0 Å². The van der Waals surface area contributed by atoms with Crippen LogP contribution in [-0.2, 0) is 6.54 Å². The summed E-state index contributed by atoms with van der Waals surface area (Å²) in [5.74, 6) is 1.42. The predicted octanol–water partition coefficient (Wildman–Crippen LogP) is 3.15. The number of carbonyl (C=O) groups is 1. The number of nitrogens with one attached hydrogen (secondary N) is 1. The Hall–Kier alpha value is -2.30. The largest absolute Gasteiger partial charge is 0.444 e. The molecule has 0 saturated heterocycles. The number of aromatic nitrogens is 1. The van der Waals surface area contributed by atoms with Gasteiger partial charge >= 0.3 is 0 Å². The zero-order chi connectivity index (χ0) is 16.3. The Morgan fingerprint density at radius 3 is 2.41 bits per heavy atom. The Bertz CT molecular complexity index is 639. The molecule has 0 fully saturated rings. The maximum absolute atomic E-state index is 12.1. The molecule has 0 bridgehead atoms. The van der Waals surface area contributed by atoms with Crippen LogP contribution in [0.4, 0.5) is 5.69 Å². The van der Waals surface area contributed by atoms with Crippen molar-refractivity contribution < 1.29 is 9.21 Å². The molecule has 1 aromatic carbocycles. The van der Waals surface area contributed by atoms with Crippen molar-refractivity contribution in [3.63, 3.8) is 0 Å². The van der Waals surface area contributed by atoms with Crippen LogP contribution in [0.2, 0.25) is 0 Å². The number of hydrogen-bond donors (Lipinski definition) is 1. The summed E-state index contributed by atoms with van der Waals surface area (Å²) in [6, 6.07) is 7.53. The van der Waals surface area contributed by atoms with Crippen molar-refractivity contribution >= 4 is 11.6 Å². The molecule has 0 saturated carbocycles. The minimum atomic E-state index is -0.239. The Morgan fingerprint density at radius 2 is 1.91 bits per heavy atom. The van der Waals surface area contributed by atoms with E-state index in [9.17, 15) is 4.79 Å². The number of amides is 1. The second kappa shape index (κ2) is 6.22. The normalized spacial score (nSPS) is 11.3. The first-order chi connectivity index (χ1) is 10.2. The lowest BCUT2D eigenvalue weighted by Crippen LogP contribution is -2.40. The average Bonchev–Trinajstić information content (AvgIpc) is 2.82. The maximum Gasteiger partial charge on any atom is 0.251 e. The summed E-state index contributed by atoms with van der Waals surface area (Å²) in [5, 5.41) is 2.95. The second-order valence-electron chi connectivity index (χ2n) is 6.45. The molecule has 22 heavy (non-hydrogen) atoms. The van der Waals surface area contributed by atoms with Gasteiger partial charge in [-0.15, -0.1) is 0 Å². The van der Waals surface area contributed by atoms with E-state index in [4.69, 9.17) is 4.42 Å². The third kappa shape index (κ3) is 4.35. The fourth-order valence-electron chi connectivity index (χ4n) is 2.08. The molecule has 0 aliphatic rings. The molecule has 1 heterocycles. The number of carbonyl (C=O) groups excluding carboxylic acids is 1. The van der Waals surface area contributed by atoms with Gasteiger partial charge in [-0.3, -0.25) is 4.79 Å². The van der Waals surface area contributed by atoms with E-state index in [1.165, 1.54) is 0 Å². The average molecular weight is 301 g/mol. The Labute approximate surface area is 131 Å². The zero-order valence-electron chi connectivity index (χ0n) is 13.8. The molecule has 2 rings (SSSR count). The third-order valence-corrected chi connectivity index (χ3v) is 3.12. The van der Waals surface area contributed by atoms with Crippen molar-refractivity contribution in [1.82, 2.24) is 10.3 Å². The molecule has 5 heteroatoms. The molecule has 0 unspecified atom stereocenters. The van der Waals surface area contributed by atoms with Gasteiger partial charge in [0.1, 0.15) is 5.76 Å². The van der Waals surface area contributed by atoms with E-state index in [1.54, 1.807) is 6.20 Å². The molecular formula is C17H23N3O2. The SMILES string of the molecule is Cc1ncc(CN(C)c2ccc(C(=O)NC(C)(C)C)cc2)o1. The van der Waals surface area contributed by atoms with Crippen LogP contribution in [0.3, 0.4) is 0 Å². The van der Waals surface area contributed by atoms with Crippen molar-refractivity contribution in [3.8, 4) is 0 Å². The van der Waals surface area contributed by atoms with Gasteiger partial charge in [-0.2, -0.15) is 0 Å². The third-order valence-electron chi connectivity index (χ3n) is 3.12. The minimum absolute atomic E-state index is 0.0624. The highest BCUT2D eigenvalue weighted by Gasteiger charge is 2.15. The second-order valence-corrected chi connectivity index (χ2v) is 6.45. The molecular weight excluding hydrogens is 278 g/mol. The van der Waals surface area contributed by atoms with Gasteiger partial charge in [-0.1, -0.05) is 0 Å². The first-order valence-electron chi connectivity index (χ1n) is 7.29. The summed E-state index contributed by atoms with van der Waals surface area (Å²) in [7, 11) is 1.97. The first-order valence-corrected chi connectivity index (χ1v) is 7.29. The first kappa shape index (κ1) is 16.1. The Morgan fingerprint density at radius 1 is 1.27 bits per heavy atom. The number of aryl methyl sites for hydroxylation is 1. The zero-order valence-corrected chi connectivity index (χ0v) is 13.8. The van der Waals surface area contributed by atoms with E-state index in [0.717, 1.165) is 11.4 Å². The van der Waals surface area contributed by atoms with Crippen molar-refractivity contribution in [2.45, 2.75) is 39.8 Å². The summed E-state index contributed by atoms with van der Waals surface area (Å²) >= 11 is 0. The maximum atomic E-state index is 12.1. The van der Waals surface area contributed by atoms with Gasteiger partial charge in [0.2, 0.25) is 0 Å². The van der Waals surface area contributed by atoms with E-state index in [-0.39, 0.29) is 11.4 Å². The molecule has 1 amide bonds. The molecule has 0 atom stereocenters. The summed E-state index contributed by atoms with van der Waals surface area (Å²) < 4.78 is 5.48. The van der Waals surface area contributed by atoms with Crippen LogP contribution >= 0.6 is 0 Å². The van der Waals surface area contributed by atoms with E-state index >= 15 is 0 Å². The topological polar surface area (TPSA) is 58.4 Å². The highest BCUT2D eigenvalue weighted by molar-refractivity contribution is 5.94. The number of benzene rings is 1. The summed E-state index contributed by atoms with van der Waals surface area (Å²) in [6.07, 6.45) is 1.73. The lowest BCUT2D eigenvalue weighted by Gasteiger charge is -2.21. The lowest BCUT2D eigenvalue weighted by molar-refractivity contribution is 0.0919. The molecule has 5 nitrogen and oxygen atoms in total. The highest BCUT2D eigenvalue weighted by atomic mass is 16.4. The lowest BCUT2D eigenvalue weighted by atomic mass is 10.1. The van der Waals surface area contributed by atoms with E-state index in [2.05, 4.69) is 10.3 Å². The summed E-state index contributed by atoms with van der Waals surface area (Å²) in [5.41, 5.74) is 1.43. The van der Waals surface area contributed by atoms with E-state index < -0.39 is 0 Å². The van der Waals surface area contributed by atoms with Crippen molar-refractivity contribution in [3.05, 3.63) is 47.7 Å². The standard InChI is InChI=1S/C17H23N3O2/c1-12-18-10-15(22-12)11-20(5)14-8-6-13(7-9-14)16(21)19-17(2,3)4/h6-10H,11H2,1-5H3,(H,19,21). The number of nitrogens with zero attached hydrogens (tertiary/aromatic N) is 2. The predicted molar refractivity (Wildman–Crippen MR) is 87.0 cm³/mol. The fraction of sp³-hybridized carbons (Fsp3) is 0.412. The molecule has 1 aromatic heterocycles. The summed E-state index contributed by atoms with van der Waals surface area (Å²) in [4.78, 5) is 18.2. The number of hydrogen-bond acceptors (Lipinski definition) is 4. The van der Waals surface area contributed by atoms with Crippen LogP contribution in [0.1, 0.15) is 42.8 Å². The van der Waals surface area contributed by atoms with Crippen LogP contribution in [0.5, 0.6) is 0 Å². The van der Waals surface area contributed by atoms with Gasteiger partial charge in [-0.05, 0) is 45.0 Å². The minimum Gasteiger partial charge on any atom is -0.444 e. The number of oxazole rings is 1. The van der Waals surface area contributed by atoms with Crippen molar-refractivity contribution in [1.29, 1.82) is 0 Å². The Kier molecular flexibility index (Phi) is 4.54. The van der Waals surface area contributed by atoms with Crippen LogP contribution in [0, 0.1) is 6.92 Å². The molecule has 0 spiro atoms. The van der Waals surface area contributed by atoms with Crippen LogP contribution in [-0.4, -0.2) is 23.5 Å². The van der Waals surface area contributed by atoms with E-state index in [1.807, 2.05) is 63.9 Å². The van der Waals surface area contributed by atoms with Crippen LogP contribution in [0.15, 0.2) is 34.9 Å². The molecule has 0 aliphatic heterocycles.